The molecule has 1 aliphatic heterocycles. The average Bonchev–Trinajstić information content (AvgIpc) is 2.78. The molecule has 0 aliphatic carbocycles. The van der Waals surface area contributed by atoms with Gasteiger partial charge in [0.25, 0.3) is 5.91 Å². The summed E-state index contributed by atoms with van der Waals surface area (Å²) in [4.78, 5) is 24.7. The molecule has 6 nitrogen and oxygen atoms in total. The van der Waals surface area contributed by atoms with E-state index >= 15 is 0 Å². The summed E-state index contributed by atoms with van der Waals surface area (Å²) in [5, 5.41) is 8.83. The van der Waals surface area contributed by atoms with E-state index in [0.29, 0.717) is 26.0 Å². The predicted molar refractivity (Wildman–Crippen MR) is 64.3 cm³/mol. The Morgan fingerprint density at radius 1 is 1.39 bits per heavy atom. The number of carboxylic acid groups (broad SMARTS) is 1. The number of nitrogens with zero attached hydrogens (tertiary/aromatic N) is 1. The molecule has 0 saturated carbocycles. The first-order valence-corrected chi connectivity index (χ1v) is 6.15. The van der Waals surface area contributed by atoms with E-state index in [2.05, 4.69) is 0 Å². The Balaban J connectivity index is 2.58. The molecule has 0 bridgehead atoms. The van der Waals surface area contributed by atoms with Crippen molar-refractivity contribution >= 4 is 11.9 Å². The molecule has 2 atom stereocenters. The van der Waals surface area contributed by atoms with Gasteiger partial charge in [0.2, 0.25) is 0 Å². The van der Waals surface area contributed by atoms with Crippen LogP contribution in [0.15, 0.2) is 0 Å². The lowest BCUT2D eigenvalue weighted by Crippen LogP contribution is -2.45. The maximum absolute atomic E-state index is 12.2. The van der Waals surface area contributed by atoms with Crippen LogP contribution in [0, 0.1) is 0 Å². The molecule has 104 valence electrons. The fourth-order valence-electron chi connectivity index (χ4n) is 2.00. The monoisotopic (exact) mass is 259 g/mol. The quantitative estimate of drug-likeness (QED) is 0.751. The van der Waals surface area contributed by atoms with E-state index in [1.807, 2.05) is 13.8 Å². The highest BCUT2D eigenvalue weighted by Gasteiger charge is 2.37. The minimum absolute atomic E-state index is 0.0418. The summed E-state index contributed by atoms with van der Waals surface area (Å²) in [7, 11) is 1.58. The number of carbonyl (C=O) groups is 2. The molecular weight excluding hydrogens is 238 g/mol. The van der Waals surface area contributed by atoms with Crippen LogP contribution in [-0.4, -0.2) is 60.4 Å². The lowest BCUT2D eigenvalue weighted by molar-refractivity contribution is -0.155. The van der Waals surface area contributed by atoms with Gasteiger partial charge in [-0.05, 0) is 26.7 Å². The first kappa shape index (κ1) is 14.9. The van der Waals surface area contributed by atoms with Crippen molar-refractivity contribution < 1.29 is 24.2 Å². The smallest absolute Gasteiger partial charge is 0.332 e. The average molecular weight is 259 g/mol. The minimum Gasteiger partial charge on any atom is -0.479 e. The number of carboxylic acids is 1. The van der Waals surface area contributed by atoms with E-state index in [4.69, 9.17) is 14.6 Å². The van der Waals surface area contributed by atoms with Crippen LogP contribution in [0.4, 0.5) is 0 Å². The number of amides is 1. The van der Waals surface area contributed by atoms with Gasteiger partial charge in [0.1, 0.15) is 6.10 Å². The zero-order valence-electron chi connectivity index (χ0n) is 11.1. The number of hydrogen-bond donors (Lipinski definition) is 1. The third-order valence-corrected chi connectivity index (χ3v) is 3.01. The first-order chi connectivity index (χ1) is 8.47. The zero-order valence-corrected chi connectivity index (χ0v) is 11.1. The Labute approximate surface area is 107 Å². The van der Waals surface area contributed by atoms with E-state index < -0.39 is 18.2 Å². The van der Waals surface area contributed by atoms with Crippen molar-refractivity contribution in [2.45, 2.75) is 44.9 Å². The van der Waals surface area contributed by atoms with E-state index in [-0.39, 0.29) is 11.9 Å². The molecule has 1 aliphatic rings. The second kappa shape index (κ2) is 6.70. The van der Waals surface area contributed by atoms with Crippen molar-refractivity contribution in [1.29, 1.82) is 0 Å². The number of aliphatic carboxylic acids is 1. The van der Waals surface area contributed by atoms with Gasteiger partial charge in [0.05, 0.1) is 6.61 Å². The van der Waals surface area contributed by atoms with Crippen molar-refractivity contribution in [3.8, 4) is 0 Å². The van der Waals surface area contributed by atoms with Crippen LogP contribution in [0.25, 0.3) is 0 Å². The van der Waals surface area contributed by atoms with Crippen molar-refractivity contribution in [2.75, 3.05) is 20.3 Å². The van der Waals surface area contributed by atoms with Crippen LogP contribution < -0.4 is 0 Å². The topological polar surface area (TPSA) is 76.1 Å². The van der Waals surface area contributed by atoms with Crippen molar-refractivity contribution in [2.24, 2.45) is 0 Å². The molecule has 1 fully saturated rings. The molecule has 0 radical (unpaired) electrons. The third-order valence-electron chi connectivity index (χ3n) is 3.01. The summed E-state index contributed by atoms with van der Waals surface area (Å²) in [6.07, 6.45) is -0.630. The zero-order chi connectivity index (χ0) is 13.7. The molecule has 0 aromatic carbocycles. The lowest BCUT2D eigenvalue weighted by Gasteiger charge is -2.28. The van der Waals surface area contributed by atoms with Crippen LogP contribution >= 0.6 is 0 Å². The summed E-state index contributed by atoms with van der Waals surface area (Å²) in [5.41, 5.74) is 0. The van der Waals surface area contributed by atoms with E-state index in [9.17, 15) is 9.59 Å². The van der Waals surface area contributed by atoms with Gasteiger partial charge >= 0.3 is 5.97 Å². The second-order valence-electron chi connectivity index (χ2n) is 4.65. The molecule has 6 heteroatoms. The van der Waals surface area contributed by atoms with Crippen molar-refractivity contribution in [1.82, 2.24) is 4.90 Å². The number of methoxy groups -OCH3 is 1. The van der Waals surface area contributed by atoms with Gasteiger partial charge in [-0.1, -0.05) is 0 Å². The maximum atomic E-state index is 12.2. The summed E-state index contributed by atoms with van der Waals surface area (Å²) in [5.74, 6) is -1.15. The number of hydrogen-bond acceptors (Lipinski definition) is 4. The Kier molecular flexibility index (Phi) is 5.55. The summed E-state index contributed by atoms with van der Waals surface area (Å²) in [6.45, 7) is 4.78. The lowest BCUT2D eigenvalue weighted by atomic mass is 10.1. The minimum atomic E-state index is -1.00. The summed E-state index contributed by atoms with van der Waals surface area (Å²) < 4.78 is 10.2. The van der Waals surface area contributed by atoms with Crippen LogP contribution in [-0.2, 0) is 19.1 Å². The number of ether oxygens (including phenoxy) is 2. The predicted octanol–water partition coefficient (Wildman–Crippen LogP) is 0.502. The Hall–Kier alpha value is -1.14. The standard InChI is InChI=1S/C12H21NO5/c1-8(2)13(6-7-17-3)11(14)9-4-5-10(18-9)12(15)16/h8-10H,4-7H2,1-3H3,(H,15,16). The van der Waals surface area contributed by atoms with Crippen LogP contribution in [0.3, 0.4) is 0 Å². The Bertz CT molecular complexity index is 305. The van der Waals surface area contributed by atoms with Crippen molar-refractivity contribution in [3.05, 3.63) is 0 Å². The summed E-state index contributed by atoms with van der Waals surface area (Å²) in [6, 6.07) is 0.0418. The van der Waals surface area contributed by atoms with Gasteiger partial charge in [0, 0.05) is 19.7 Å². The molecule has 2 unspecified atom stereocenters. The molecule has 0 aromatic heterocycles. The van der Waals surface area contributed by atoms with Gasteiger partial charge in [-0.15, -0.1) is 0 Å². The molecule has 0 spiro atoms. The van der Waals surface area contributed by atoms with Gasteiger partial charge < -0.3 is 19.5 Å². The first-order valence-electron chi connectivity index (χ1n) is 6.15. The molecule has 0 aromatic rings. The van der Waals surface area contributed by atoms with E-state index in [0.717, 1.165) is 0 Å². The van der Waals surface area contributed by atoms with Gasteiger partial charge in [-0.25, -0.2) is 4.79 Å². The van der Waals surface area contributed by atoms with E-state index in [1.54, 1.807) is 12.0 Å². The fraction of sp³-hybridized carbons (Fsp3) is 0.833. The molecule has 1 N–H and O–H groups in total. The van der Waals surface area contributed by atoms with Crippen LogP contribution in [0.1, 0.15) is 26.7 Å². The van der Waals surface area contributed by atoms with E-state index in [1.165, 1.54) is 0 Å². The SMILES string of the molecule is COCCN(C(=O)C1CCC(C(=O)O)O1)C(C)C. The highest BCUT2D eigenvalue weighted by molar-refractivity contribution is 5.83. The fourth-order valence-corrected chi connectivity index (χ4v) is 2.00. The van der Waals surface area contributed by atoms with Gasteiger partial charge in [-0.2, -0.15) is 0 Å². The molecule has 1 rings (SSSR count). The molecular formula is C12H21NO5. The molecule has 1 saturated heterocycles. The maximum Gasteiger partial charge on any atom is 0.332 e. The highest BCUT2D eigenvalue weighted by Crippen LogP contribution is 2.22. The highest BCUT2D eigenvalue weighted by atomic mass is 16.5. The van der Waals surface area contributed by atoms with Crippen LogP contribution in [0.5, 0.6) is 0 Å². The van der Waals surface area contributed by atoms with Gasteiger partial charge in [-0.3, -0.25) is 4.79 Å². The van der Waals surface area contributed by atoms with Crippen molar-refractivity contribution in [3.63, 3.8) is 0 Å². The number of rotatable bonds is 6. The van der Waals surface area contributed by atoms with Crippen LogP contribution in [0.2, 0.25) is 0 Å². The Morgan fingerprint density at radius 2 is 2.00 bits per heavy atom. The molecule has 18 heavy (non-hydrogen) atoms. The third kappa shape index (κ3) is 3.68. The molecule has 1 heterocycles. The normalized spacial score (nSPS) is 23.3. The summed E-state index contributed by atoms with van der Waals surface area (Å²) >= 11 is 0. The molecule has 1 amide bonds. The Morgan fingerprint density at radius 3 is 2.44 bits per heavy atom. The largest absolute Gasteiger partial charge is 0.479 e. The number of carbonyl (C=O) groups excluding carboxylic acids is 1. The van der Waals surface area contributed by atoms with Gasteiger partial charge in [0.15, 0.2) is 6.10 Å². The second-order valence-corrected chi connectivity index (χ2v) is 4.65.